The van der Waals surface area contributed by atoms with Crippen LogP contribution in [0.15, 0.2) is 22.8 Å². The zero-order chi connectivity index (χ0) is 15.0. The van der Waals surface area contributed by atoms with Gasteiger partial charge in [0.05, 0.1) is 16.6 Å². The Kier molecular flexibility index (Phi) is 4.04. The van der Waals surface area contributed by atoms with Crippen LogP contribution >= 0.6 is 27.5 Å². The minimum atomic E-state index is 0.180. The largest absolute Gasteiger partial charge is 0.493 e. The summed E-state index contributed by atoms with van der Waals surface area (Å²) in [6.07, 6.45) is 2.70. The lowest BCUT2D eigenvalue weighted by Crippen LogP contribution is -2.05. The summed E-state index contributed by atoms with van der Waals surface area (Å²) in [7, 11) is 0. The molecule has 1 aliphatic heterocycles. The van der Waals surface area contributed by atoms with Gasteiger partial charge in [-0.2, -0.15) is 0 Å². The van der Waals surface area contributed by atoms with Crippen molar-refractivity contribution in [2.45, 2.75) is 26.4 Å². The fourth-order valence-corrected chi connectivity index (χ4v) is 2.69. The second-order valence-corrected chi connectivity index (χ2v) is 6.07. The molecule has 1 unspecified atom stereocenters. The number of hydrogen-bond donors (Lipinski definition) is 0. The molecule has 1 aliphatic rings. The molecule has 6 heteroatoms. The zero-order valence-corrected chi connectivity index (χ0v) is 14.0. The lowest BCUT2D eigenvalue weighted by molar-refractivity contribution is 0.254. The molecular formula is C15H14BrClN2O2. The van der Waals surface area contributed by atoms with Crippen molar-refractivity contribution in [2.24, 2.45) is 0 Å². The molecule has 4 nitrogen and oxygen atoms in total. The maximum Gasteiger partial charge on any atom is 0.164 e. The monoisotopic (exact) mass is 368 g/mol. The fourth-order valence-electron chi connectivity index (χ4n) is 2.37. The van der Waals surface area contributed by atoms with Crippen molar-refractivity contribution >= 4 is 27.5 Å². The predicted molar refractivity (Wildman–Crippen MR) is 85.1 cm³/mol. The third kappa shape index (κ3) is 2.85. The smallest absolute Gasteiger partial charge is 0.164 e. The number of ether oxygens (including phenoxy) is 2. The number of benzene rings is 1. The number of rotatable bonds is 3. The molecule has 21 heavy (non-hydrogen) atoms. The first-order valence-electron chi connectivity index (χ1n) is 6.73. The first-order chi connectivity index (χ1) is 10.1. The van der Waals surface area contributed by atoms with Crippen LogP contribution in [0.3, 0.4) is 0 Å². The Morgan fingerprint density at radius 1 is 1.48 bits per heavy atom. The van der Waals surface area contributed by atoms with E-state index in [0.717, 1.165) is 29.0 Å². The standard InChI is InChI=1S/C15H14BrClN2O2/c1-3-20-13-5-9-4-8(2)21-12(9)6-10(13)15-18-7-11(16)14(17)19-15/h5-8H,3-4H2,1-2H3. The summed E-state index contributed by atoms with van der Waals surface area (Å²) in [5.41, 5.74) is 1.94. The highest BCUT2D eigenvalue weighted by molar-refractivity contribution is 9.10. The Balaban J connectivity index is 2.11. The SMILES string of the molecule is CCOc1cc2c(cc1-c1ncc(Br)c(Cl)n1)OC(C)C2. The van der Waals surface area contributed by atoms with E-state index in [1.807, 2.05) is 26.0 Å². The maximum absolute atomic E-state index is 6.06. The van der Waals surface area contributed by atoms with Crippen molar-refractivity contribution in [2.75, 3.05) is 6.61 Å². The number of aromatic nitrogens is 2. The van der Waals surface area contributed by atoms with Gasteiger partial charge in [0.1, 0.15) is 22.8 Å². The molecule has 0 amide bonds. The molecule has 3 rings (SSSR count). The van der Waals surface area contributed by atoms with Crippen molar-refractivity contribution in [3.63, 3.8) is 0 Å². The molecule has 2 aromatic rings. The van der Waals surface area contributed by atoms with Crippen LogP contribution < -0.4 is 9.47 Å². The number of hydrogen-bond acceptors (Lipinski definition) is 4. The Morgan fingerprint density at radius 2 is 2.29 bits per heavy atom. The van der Waals surface area contributed by atoms with Crippen molar-refractivity contribution in [3.8, 4) is 22.9 Å². The van der Waals surface area contributed by atoms with Gasteiger partial charge in [0.25, 0.3) is 0 Å². The average molecular weight is 370 g/mol. The van der Waals surface area contributed by atoms with Gasteiger partial charge in [-0.3, -0.25) is 0 Å². The van der Waals surface area contributed by atoms with Crippen molar-refractivity contribution < 1.29 is 9.47 Å². The van der Waals surface area contributed by atoms with Gasteiger partial charge in [0, 0.05) is 18.2 Å². The molecule has 0 N–H and O–H groups in total. The Morgan fingerprint density at radius 3 is 3.00 bits per heavy atom. The summed E-state index contributed by atoms with van der Waals surface area (Å²) in [4.78, 5) is 8.62. The molecule has 1 aromatic carbocycles. The van der Waals surface area contributed by atoms with E-state index < -0.39 is 0 Å². The predicted octanol–water partition coefficient (Wildman–Crippen LogP) is 4.28. The lowest BCUT2D eigenvalue weighted by Gasteiger charge is -2.12. The molecule has 0 aliphatic carbocycles. The molecule has 2 heterocycles. The van der Waals surface area contributed by atoms with Gasteiger partial charge in [0.2, 0.25) is 0 Å². The average Bonchev–Trinajstić information content (AvgIpc) is 2.80. The van der Waals surface area contributed by atoms with Gasteiger partial charge in [-0.05, 0) is 41.9 Å². The molecule has 110 valence electrons. The minimum absolute atomic E-state index is 0.180. The lowest BCUT2D eigenvalue weighted by atomic mass is 10.1. The fraction of sp³-hybridized carbons (Fsp3) is 0.333. The summed E-state index contributed by atoms with van der Waals surface area (Å²) >= 11 is 9.36. The highest BCUT2D eigenvalue weighted by atomic mass is 79.9. The van der Waals surface area contributed by atoms with Crippen LogP contribution in [0, 0.1) is 0 Å². The van der Waals surface area contributed by atoms with Gasteiger partial charge >= 0.3 is 0 Å². The van der Waals surface area contributed by atoms with Gasteiger partial charge in [0.15, 0.2) is 5.82 Å². The molecule has 1 atom stereocenters. The first kappa shape index (κ1) is 14.6. The van der Waals surface area contributed by atoms with Crippen LogP contribution in [-0.2, 0) is 6.42 Å². The minimum Gasteiger partial charge on any atom is -0.493 e. The van der Waals surface area contributed by atoms with Crippen LogP contribution in [0.1, 0.15) is 19.4 Å². The maximum atomic E-state index is 6.06. The summed E-state index contributed by atoms with van der Waals surface area (Å²) in [6, 6.07) is 3.94. The Bertz CT molecular complexity index is 694. The first-order valence-corrected chi connectivity index (χ1v) is 7.90. The van der Waals surface area contributed by atoms with E-state index in [4.69, 9.17) is 21.1 Å². The van der Waals surface area contributed by atoms with Crippen LogP contribution in [0.4, 0.5) is 0 Å². The zero-order valence-electron chi connectivity index (χ0n) is 11.7. The van der Waals surface area contributed by atoms with E-state index in [0.29, 0.717) is 22.1 Å². The highest BCUT2D eigenvalue weighted by Gasteiger charge is 2.23. The topological polar surface area (TPSA) is 44.2 Å². The molecule has 0 radical (unpaired) electrons. The van der Waals surface area contributed by atoms with Crippen molar-refractivity contribution in [1.29, 1.82) is 0 Å². The summed E-state index contributed by atoms with van der Waals surface area (Å²) in [5, 5.41) is 0.372. The highest BCUT2D eigenvalue weighted by Crippen LogP contribution is 2.39. The summed E-state index contributed by atoms with van der Waals surface area (Å²) in [5.74, 6) is 2.15. The molecule has 0 saturated carbocycles. The van der Waals surface area contributed by atoms with Gasteiger partial charge in [-0.1, -0.05) is 11.6 Å². The van der Waals surface area contributed by atoms with E-state index in [1.165, 1.54) is 0 Å². The van der Waals surface area contributed by atoms with Crippen molar-refractivity contribution in [1.82, 2.24) is 9.97 Å². The van der Waals surface area contributed by atoms with E-state index in [-0.39, 0.29) is 6.10 Å². The van der Waals surface area contributed by atoms with Crippen LogP contribution in [0.25, 0.3) is 11.4 Å². The van der Waals surface area contributed by atoms with Crippen molar-refractivity contribution in [3.05, 3.63) is 33.5 Å². The second kappa shape index (κ2) is 5.81. The van der Waals surface area contributed by atoms with Crippen LogP contribution in [-0.4, -0.2) is 22.7 Å². The van der Waals surface area contributed by atoms with Gasteiger partial charge in [-0.25, -0.2) is 9.97 Å². The van der Waals surface area contributed by atoms with Crippen LogP contribution in [0.2, 0.25) is 5.15 Å². The van der Waals surface area contributed by atoms with E-state index >= 15 is 0 Å². The second-order valence-electron chi connectivity index (χ2n) is 4.85. The summed E-state index contributed by atoms with van der Waals surface area (Å²) < 4.78 is 12.2. The van der Waals surface area contributed by atoms with E-state index in [1.54, 1.807) is 6.20 Å². The molecular weight excluding hydrogens is 356 g/mol. The number of nitrogens with zero attached hydrogens (tertiary/aromatic N) is 2. The molecule has 1 aromatic heterocycles. The number of halogens is 2. The molecule has 0 spiro atoms. The molecule has 0 fully saturated rings. The Labute approximate surface area is 136 Å². The quantitative estimate of drug-likeness (QED) is 0.757. The van der Waals surface area contributed by atoms with E-state index in [9.17, 15) is 0 Å². The third-order valence-corrected chi connectivity index (χ3v) is 4.34. The Hall–Kier alpha value is -1.33. The molecule has 0 bridgehead atoms. The summed E-state index contributed by atoms with van der Waals surface area (Å²) in [6.45, 7) is 4.57. The molecule has 0 saturated heterocycles. The van der Waals surface area contributed by atoms with E-state index in [2.05, 4.69) is 25.9 Å². The normalized spacial score (nSPS) is 16.5. The van der Waals surface area contributed by atoms with Gasteiger partial charge in [-0.15, -0.1) is 0 Å². The number of fused-ring (bicyclic) bond motifs is 1. The van der Waals surface area contributed by atoms with Gasteiger partial charge < -0.3 is 9.47 Å². The van der Waals surface area contributed by atoms with Crippen LogP contribution in [0.5, 0.6) is 11.5 Å². The third-order valence-electron chi connectivity index (χ3n) is 3.24.